The van der Waals surface area contributed by atoms with Crippen molar-refractivity contribution in [2.75, 3.05) is 5.73 Å². The number of aromatic nitrogens is 1. The second-order valence-corrected chi connectivity index (χ2v) is 3.04. The molecular weight excluding hydrogens is 188 g/mol. The number of nitrogen functional groups attached to an aromatic ring is 1. The Morgan fingerprint density at radius 3 is 2.50 bits per heavy atom. The molecule has 1 heterocycles. The first-order valence-electron chi connectivity index (χ1n) is 2.09. The van der Waals surface area contributed by atoms with Crippen LogP contribution in [0.3, 0.4) is 0 Å². The smallest absolute Gasteiger partial charge is 0.121 e. The van der Waals surface area contributed by atoms with E-state index in [-0.39, 0.29) is 0 Å². The van der Waals surface area contributed by atoms with Gasteiger partial charge < -0.3 is 5.73 Å². The van der Waals surface area contributed by atoms with Gasteiger partial charge in [-0.15, -0.1) is 0 Å². The molecule has 0 aliphatic rings. The highest BCUT2D eigenvalue weighted by Crippen LogP contribution is 2.25. The van der Waals surface area contributed by atoms with Crippen LogP contribution in [0.25, 0.3) is 0 Å². The SMILES string of the molecule is Cc1nsc(N)c1Br. The minimum atomic E-state index is 0.752. The van der Waals surface area contributed by atoms with Crippen LogP contribution in [0.5, 0.6) is 0 Å². The van der Waals surface area contributed by atoms with Gasteiger partial charge in [-0.2, -0.15) is 4.37 Å². The van der Waals surface area contributed by atoms with E-state index in [2.05, 4.69) is 20.3 Å². The van der Waals surface area contributed by atoms with Gasteiger partial charge in [0.2, 0.25) is 0 Å². The molecule has 0 amide bonds. The Labute approximate surface area is 60.0 Å². The summed E-state index contributed by atoms with van der Waals surface area (Å²) in [5.74, 6) is 0. The topological polar surface area (TPSA) is 38.9 Å². The molecule has 2 N–H and O–H groups in total. The van der Waals surface area contributed by atoms with E-state index in [0.717, 1.165) is 15.2 Å². The second kappa shape index (κ2) is 2.03. The molecule has 0 fully saturated rings. The molecule has 0 spiro atoms. The van der Waals surface area contributed by atoms with Crippen LogP contribution in [0.1, 0.15) is 5.69 Å². The van der Waals surface area contributed by atoms with Crippen molar-refractivity contribution in [3.05, 3.63) is 10.2 Å². The first-order chi connectivity index (χ1) is 3.72. The van der Waals surface area contributed by atoms with E-state index < -0.39 is 0 Å². The van der Waals surface area contributed by atoms with Gasteiger partial charge in [0.15, 0.2) is 0 Å². The zero-order valence-corrected chi connectivity index (χ0v) is 6.71. The molecule has 0 radical (unpaired) electrons. The molecule has 0 aliphatic carbocycles. The van der Waals surface area contributed by atoms with Gasteiger partial charge in [-0.05, 0) is 34.4 Å². The van der Waals surface area contributed by atoms with Crippen LogP contribution in [0.15, 0.2) is 4.47 Å². The maximum atomic E-state index is 5.45. The highest BCUT2D eigenvalue weighted by molar-refractivity contribution is 9.10. The fourth-order valence-corrected chi connectivity index (χ4v) is 1.35. The van der Waals surface area contributed by atoms with Gasteiger partial charge in [0.25, 0.3) is 0 Å². The quantitative estimate of drug-likeness (QED) is 0.682. The first-order valence-corrected chi connectivity index (χ1v) is 3.65. The van der Waals surface area contributed by atoms with Crippen molar-refractivity contribution in [1.29, 1.82) is 0 Å². The van der Waals surface area contributed by atoms with E-state index in [0.29, 0.717) is 0 Å². The van der Waals surface area contributed by atoms with Crippen molar-refractivity contribution >= 4 is 32.5 Å². The first kappa shape index (κ1) is 6.04. The standard InChI is InChI=1S/C4H5BrN2S/c1-2-3(5)4(6)8-7-2/h6H2,1H3. The highest BCUT2D eigenvalue weighted by Gasteiger charge is 2.00. The maximum Gasteiger partial charge on any atom is 0.121 e. The minimum Gasteiger partial charge on any atom is -0.388 e. The maximum absolute atomic E-state index is 5.45. The van der Waals surface area contributed by atoms with Gasteiger partial charge in [-0.25, -0.2) is 0 Å². The average Bonchev–Trinajstić information content (AvgIpc) is 1.98. The van der Waals surface area contributed by atoms with Crippen molar-refractivity contribution in [3.8, 4) is 0 Å². The lowest BCUT2D eigenvalue weighted by Crippen LogP contribution is -1.77. The van der Waals surface area contributed by atoms with Gasteiger partial charge in [-0.1, -0.05) is 0 Å². The normalized spacial score (nSPS) is 9.75. The molecule has 0 atom stereocenters. The predicted octanol–water partition coefficient (Wildman–Crippen LogP) is 1.80. The lowest BCUT2D eigenvalue weighted by atomic mass is 10.5. The fourth-order valence-electron chi connectivity index (χ4n) is 0.376. The third kappa shape index (κ3) is 0.855. The summed E-state index contributed by atoms with van der Waals surface area (Å²) < 4.78 is 4.92. The number of anilines is 1. The van der Waals surface area contributed by atoms with E-state index >= 15 is 0 Å². The third-order valence-corrected chi connectivity index (χ3v) is 2.84. The number of hydrogen-bond acceptors (Lipinski definition) is 3. The van der Waals surface area contributed by atoms with Crippen molar-refractivity contribution < 1.29 is 0 Å². The number of nitrogens with zero attached hydrogens (tertiary/aromatic N) is 1. The van der Waals surface area contributed by atoms with E-state index in [9.17, 15) is 0 Å². The molecule has 2 nitrogen and oxygen atoms in total. The molecular formula is C4H5BrN2S. The Hall–Kier alpha value is -0.0900. The third-order valence-electron chi connectivity index (χ3n) is 0.815. The van der Waals surface area contributed by atoms with Crippen LogP contribution in [0, 0.1) is 6.92 Å². The Morgan fingerprint density at radius 1 is 1.75 bits per heavy atom. The monoisotopic (exact) mass is 192 g/mol. The summed E-state index contributed by atoms with van der Waals surface area (Å²) in [6.07, 6.45) is 0. The van der Waals surface area contributed by atoms with Crippen molar-refractivity contribution in [2.45, 2.75) is 6.92 Å². The molecule has 0 aromatic carbocycles. The van der Waals surface area contributed by atoms with Gasteiger partial charge >= 0.3 is 0 Å². The molecule has 1 aromatic rings. The summed E-state index contributed by atoms with van der Waals surface area (Å²) in [6, 6.07) is 0. The van der Waals surface area contributed by atoms with Crippen LogP contribution >= 0.6 is 27.5 Å². The Morgan fingerprint density at radius 2 is 2.38 bits per heavy atom. The van der Waals surface area contributed by atoms with Crippen molar-refractivity contribution in [3.63, 3.8) is 0 Å². The van der Waals surface area contributed by atoms with Gasteiger partial charge in [0, 0.05) is 0 Å². The Balaban J connectivity index is 3.19. The molecule has 0 aliphatic heterocycles. The van der Waals surface area contributed by atoms with Gasteiger partial charge in [-0.3, -0.25) is 0 Å². The lowest BCUT2D eigenvalue weighted by Gasteiger charge is -1.81. The summed E-state index contributed by atoms with van der Waals surface area (Å²) in [5, 5.41) is 0.752. The molecule has 0 unspecified atom stereocenters. The van der Waals surface area contributed by atoms with E-state index in [1.54, 1.807) is 0 Å². The Kier molecular flexibility index (Phi) is 1.53. The zero-order chi connectivity index (χ0) is 6.15. The van der Waals surface area contributed by atoms with Crippen LogP contribution < -0.4 is 5.73 Å². The molecule has 1 rings (SSSR count). The fraction of sp³-hybridized carbons (Fsp3) is 0.250. The Bertz CT molecular complexity index is 176. The number of halogens is 1. The van der Waals surface area contributed by atoms with E-state index in [1.165, 1.54) is 11.5 Å². The second-order valence-electron chi connectivity index (χ2n) is 1.45. The zero-order valence-electron chi connectivity index (χ0n) is 4.31. The predicted molar refractivity (Wildman–Crippen MR) is 39.0 cm³/mol. The molecule has 1 aromatic heterocycles. The minimum absolute atomic E-state index is 0.752. The van der Waals surface area contributed by atoms with Crippen LogP contribution in [0.2, 0.25) is 0 Å². The summed E-state index contributed by atoms with van der Waals surface area (Å²) in [6.45, 7) is 1.91. The molecule has 0 bridgehead atoms. The van der Waals surface area contributed by atoms with Crippen molar-refractivity contribution in [2.24, 2.45) is 0 Å². The lowest BCUT2D eigenvalue weighted by molar-refractivity contribution is 1.32. The summed E-state index contributed by atoms with van der Waals surface area (Å²) in [5.41, 5.74) is 6.42. The molecule has 4 heteroatoms. The number of nitrogens with two attached hydrogens (primary N) is 1. The molecule has 44 valence electrons. The molecule has 8 heavy (non-hydrogen) atoms. The molecule has 0 saturated carbocycles. The van der Waals surface area contributed by atoms with E-state index in [1.807, 2.05) is 6.92 Å². The number of aryl methyl sites for hydroxylation is 1. The molecule has 0 saturated heterocycles. The van der Waals surface area contributed by atoms with Crippen LogP contribution in [-0.2, 0) is 0 Å². The largest absolute Gasteiger partial charge is 0.388 e. The van der Waals surface area contributed by atoms with Crippen LogP contribution in [-0.4, -0.2) is 4.37 Å². The summed E-state index contributed by atoms with van der Waals surface area (Å²) in [4.78, 5) is 0. The van der Waals surface area contributed by atoms with Gasteiger partial charge in [0.1, 0.15) is 5.00 Å². The highest BCUT2D eigenvalue weighted by atomic mass is 79.9. The van der Waals surface area contributed by atoms with Crippen LogP contribution in [0.4, 0.5) is 5.00 Å². The van der Waals surface area contributed by atoms with Gasteiger partial charge in [0.05, 0.1) is 10.2 Å². The average molecular weight is 193 g/mol. The summed E-state index contributed by atoms with van der Waals surface area (Å²) >= 11 is 4.58. The number of rotatable bonds is 0. The van der Waals surface area contributed by atoms with Crippen molar-refractivity contribution in [1.82, 2.24) is 4.37 Å². The summed E-state index contributed by atoms with van der Waals surface area (Å²) in [7, 11) is 0. The number of hydrogen-bond donors (Lipinski definition) is 1. The van der Waals surface area contributed by atoms with E-state index in [4.69, 9.17) is 5.73 Å².